The summed E-state index contributed by atoms with van der Waals surface area (Å²) in [6.45, 7) is 5.18. The Morgan fingerprint density at radius 3 is 2.59 bits per heavy atom. The summed E-state index contributed by atoms with van der Waals surface area (Å²) in [6.07, 6.45) is 1.81. The first kappa shape index (κ1) is 21.4. The molecular formula is C24H25ClN4O2S. The molecule has 4 heterocycles. The molecule has 2 fully saturated rings. The molecule has 3 aromatic rings. The van der Waals surface area contributed by atoms with Gasteiger partial charge in [-0.25, -0.2) is 0 Å². The van der Waals surface area contributed by atoms with Gasteiger partial charge < -0.3 is 19.4 Å². The summed E-state index contributed by atoms with van der Waals surface area (Å²) < 4.78 is 11.9. The number of nitrogens with one attached hydrogen (secondary N) is 1. The van der Waals surface area contributed by atoms with Gasteiger partial charge in [0.25, 0.3) is 0 Å². The first-order valence-corrected chi connectivity index (χ1v) is 11.6. The first-order chi connectivity index (χ1) is 15.7. The van der Waals surface area contributed by atoms with Crippen molar-refractivity contribution in [1.29, 1.82) is 0 Å². The monoisotopic (exact) mass is 468 g/mol. The van der Waals surface area contributed by atoms with E-state index in [9.17, 15) is 0 Å². The molecule has 2 atom stereocenters. The topological polar surface area (TPSA) is 53.8 Å². The predicted octanol–water partition coefficient (Wildman–Crippen LogP) is 4.30. The Labute approximate surface area is 198 Å². The van der Waals surface area contributed by atoms with Crippen LogP contribution in [0.25, 0.3) is 11.3 Å². The number of thiocarbonyl (C=S) groups is 1. The van der Waals surface area contributed by atoms with Crippen molar-refractivity contribution in [2.24, 2.45) is 0 Å². The Morgan fingerprint density at radius 2 is 1.84 bits per heavy atom. The molecule has 0 radical (unpaired) electrons. The Balaban J connectivity index is 1.43. The van der Waals surface area contributed by atoms with Gasteiger partial charge in [-0.2, -0.15) is 0 Å². The fourth-order valence-corrected chi connectivity index (χ4v) is 4.77. The largest absolute Gasteiger partial charge is 0.459 e. The van der Waals surface area contributed by atoms with Gasteiger partial charge in [-0.15, -0.1) is 0 Å². The van der Waals surface area contributed by atoms with Crippen molar-refractivity contribution in [2.75, 3.05) is 39.4 Å². The number of nitrogens with zero attached hydrogens (tertiary/aromatic N) is 3. The predicted molar refractivity (Wildman–Crippen MR) is 129 cm³/mol. The maximum Gasteiger partial charge on any atom is 0.170 e. The second-order valence-electron chi connectivity index (χ2n) is 7.98. The van der Waals surface area contributed by atoms with Crippen molar-refractivity contribution in [1.82, 2.24) is 20.1 Å². The molecule has 0 unspecified atom stereocenters. The minimum atomic E-state index is -0.0855. The quantitative estimate of drug-likeness (QED) is 0.541. The van der Waals surface area contributed by atoms with Crippen LogP contribution >= 0.6 is 23.8 Å². The van der Waals surface area contributed by atoms with Gasteiger partial charge in [0.2, 0.25) is 0 Å². The lowest BCUT2D eigenvalue weighted by Crippen LogP contribution is -2.42. The molecule has 0 saturated carbocycles. The van der Waals surface area contributed by atoms with Crippen LogP contribution in [0.3, 0.4) is 0 Å². The van der Waals surface area contributed by atoms with E-state index in [2.05, 4.69) is 20.1 Å². The van der Waals surface area contributed by atoms with E-state index >= 15 is 0 Å². The number of ether oxygens (including phenoxy) is 1. The van der Waals surface area contributed by atoms with Crippen molar-refractivity contribution in [3.63, 3.8) is 0 Å². The minimum Gasteiger partial charge on any atom is -0.459 e. The molecular weight excluding hydrogens is 444 g/mol. The summed E-state index contributed by atoms with van der Waals surface area (Å²) in [4.78, 5) is 9.24. The Morgan fingerprint density at radius 1 is 1.03 bits per heavy atom. The van der Waals surface area contributed by atoms with Crippen molar-refractivity contribution >= 4 is 28.9 Å². The molecule has 2 aromatic heterocycles. The van der Waals surface area contributed by atoms with E-state index in [0.29, 0.717) is 5.02 Å². The van der Waals surface area contributed by atoms with Gasteiger partial charge in [0.15, 0.2) is 5.11 Å². The summed E-state index contributed by atoms with van der Waals surface area (Å²) in [7, 11) is 0. The fraction of sp³-hybridized carbons (Fsp3) is 0.333. The third-order valence-electron chi connectivity index (χ3n) is 6.01. The van der Waals surface area contributed by atoms with E-state index in [1.807, 2.05) is 60.8 Å². The van der Waals surface area contributed by atoms with Gasteiger partial charge in [0.1, 0.15) is 17.6 Å². The van der Waals surface area contributed by atoms with Gasteiger partial charge >= 0.3 is 0 Å². The molecule has 0 spiro atoms. The summed E-state index contributed by atoms with van der Waals surface area (Å²) in [6, 6.07) is 17.5. The molecule has 0 aliphatic carbocycles. The summed E-state index contributed by atoms with van der Waals surface area (Å²) in [5.74, 6) is 1.67. The number of benzene rings is 1. The highest BCUT2D eigenvalue weighted by atomic mass is 35.5. The van der Waals surface area contributed by atoms with Gasteiger partial charge in [0, 0.05) is 43.0 Å². The summed E-state index contributed by atoms with van der Waals surface area (Å²) in [5, 5.41) is 4.92. The van der Waals surface area contributed by atoms with Gasteiger partial charge in [-0.05, 0) is 60.7 Å². The number of pyridine rings is 1. The minimum absolute atomic E-state index is 0.0838. The zero-order chi connectivity index (χ0) is 21.9. The molecule has 2 aliphatic rings. The molecule has 8 heteroatoms. The number of furan rings is 1. The lowest BCUT2D eigenvalue weighted by molar-refractivity contribution is 0.0347. The molecule has 166 valence electrons. The Bertz CT molecular complexity index is 1050. The number of hydrogen-bond acceptors (Lipinski definition) is 5. The lowest BCUT2D eigenvalue weighted by Gasteiger charge is -2.31. The zero-order valence-electron chi connectivity index (χ0n) is 17.6. The molecule has 6 nitrogen and oxygen atoms in total. The molecule has 0 bridgehead atoms. The van der Waals surface area contributed by atoms with Gasteiger partial charge in [0.05, 0.1) is 24.9 Å². The van der Waals surface area contributed by atoms with E-state index in [4.69, 9.17) is 33.0 Å². The molecule has 5 rings (SSSR count). The van der Waals surface area contributed by atoms with Crippen LogP contribution in [0.5, 0.6) is 0 Å². The number of aromatic nitrogens is 1. The average molecular weight is 469 g/mol. The molecule has 2 aliphatic heterocycles. The number of morpholine rings is 1. The number of rotatable bonds is 6. The van der Waals surface area contributed by atoms with E-state index in [1.165, 1.54) is 0 Å². The van der Waals surface area contributed by atoms with Crippen molar-refractivity contribution in [3.05, 3.63) is 77.3 Å². The Hall–Kier alpha value is -2.45. The standard InChI is InChI=1S/C24H25ClN4O2S/c25-18-6-4-17(5-7-18)20-8-9-21(31-20)23-22(19-3-1-2-10-26-19)27-24(32)29(23)12-11-28-13-15-30-16-14-28/h1-10,22-23H,11-16H2,(H,27,32)/t22-,23-/m0/s1. The maximum atomic E-state index is 6.37. The Kier molecular flexibility index (Phi) is 6.41. The van der Waals surface area contributed by atoms with Crippen molar-refractivity contribution in [2.45, 2.75) is 12.1 Å². The first-order valence-electron chi connectivity index (χ1n) is 10.8. The van der Waals surface area contributed by atoms with E-state index < -0.39 is 0 Å². The second kappa shape index (κ2) is 9.58. The third kappa shape index (κ3) is 4.52. The van der Waals surface area contributed by atoms with E-state index in [1.54, 1.807) is 0 Å². The normalized spacial score (nSPS) is 21.7. The van der Waals surface area contributed by atoms with Crippen LogP contribution in [0, 0.1) is 0 Å². The van der Waals surface area contributed by atoms with Crippen LogP contribution < -0.4 is 5.32 Å². The fourth-order valence-electron chi connectivity index (χ4n) is 4.31. The highest BCUT2D eigenvalue weighted by molar-refractivity contribution is 7.80. The van der Waals surface area contributed by atoms with Crippen molar-refractivity contribution in [3.8, 4) is 11.3 Å². The number of halogens is 1. The lowest BCUT2D eigenvalue weighted by atomic mass is 10.0. The molecule has 32 heavy (non-hydrogen) atoms. The average Bonchev–Trinajstić information content (AvgIpc) is 3.44. The summed E-state index contributed by atoms with van der Waals surface area (Å²) in [5.41, 5.74) is 1.93. The maximum absolute atomic E-state index is 6.37. The molecule has 0 amide bonds. The van der Waals surface area contributed by atoms with Crippen LogP contribution in [-0.2, 0) is 4.74 Å². The van der Waals surface area contributed by atoms with Crippen molar-refractivity contribution < 1.29 is 9.15 Å². The SMILES string of the molecule is S=C1N[C@@H](c2ccccn2)[C@H](c2ccc(-c3ccc(Cl)cc3)o2)N1CCN1CCOCC1. The zero-order valence-corrected chi connectivity index (χ0v) is 19.2. The van der Waals surface area contributed by atoms with Crippen LogP contribution in [0.1, 0.15) is 23.5 Å². The second-order valence-corrected chi connectivity index (χ2v) is 8.81. The van der Waals surface area contributed by atoms with Crippen LogP contribution in [0.4, 0.5) is 0 Å². The van der Waals surface area contributed by atoms with Crippen LogP contribution in [-0.4, -0.2) is 59.3 Å². The van der Waals surface area contributed by atoms with E-state index in [0.717, 1.165) is 67.3 Å². The molecule has 1 aromatic carbocycles. The molecule has 2 saturated heterocycles. The third-order valence-corrected chi connectivity index (χ3v) is 6.61. The smallest absolute Gasteiger partial charge is 0.170 e. The van der Waals surface area contributed by atoms with Crippen LogP contribution in [0.15, 0.2) is 65.2 Å². The van der Waals surface area contributed by atoms with Crippen LogP contribution in [0.2, 0.25) is 5.02 Å². The van der Waals surface area contributed by atoms with Gasteiger partial charge in [-0.1, -0.05) is 17.7 Å². The summed E-state index contributed by atoms with van der Waals surface area (Å²) >= 11 is 11.8. The highest BCUT2D eigenvalue weighted by Crippen LogP contribution is 2.40. The highest BCUT2D eigenvalue weighted by Gasteiger charge is 2.41. The van der Waals surface area contributed by atoms with Gasteiger partial charge in [-0.3, -0.25) is 9.88 Å². The molecule has 1 N–H and O–H groups in total. The number of hydrogen-bond donors (Lipinski definition) is 1. The van der Waals surface area contributed by atoms with E-state index in [-0.39, 0.29) is 12.1 Å².